The summed E-state index contributed by atoms with van der Waals surface area (Å²) in [6.45, 7) is 7.27. The van der Waals surface area contributed by atoms with E-state index in [1.54, 1.807) is 0 Å². The first-order chi connectivity index (χ1) is 6.48. The van der Waals surface area contributed by atoms with Crippen molar-refractivity contribution in [3.05, 3.63) is 23.8 Å². The number of anilines is 1. The molecule has 1 aliphatic rings. The van der Waals surface area contributed by atoms with Crippen LogP contribution in [0.15, 0.2) is 18.2 Å². The third-order valence-electron chi connectivity index (χ3n) is 2.53. The molecule has 0 saturated heterocycles. The SMILES string of the molecule is Cc1ccc2c(c1)N(C)CC(C)(C)O2. The van der Waals surface area contributed by atoms with E-state index in [9.17, 15) is 0 Å². The van der Waals surface area contributed by atoms with Crippen LogP contribution < -0.4 is 9.64 Å². The smallest absolute Gasteiger partial charge is 0.143 e. The van der Waals surface area contributed by atoms with Crippen LogP contribution in [0.5, 0.6) is 5.75 Å². The monoisotopic (exact) mass is 191 g/mol. The zero-order valence-electron chi connectivity index (χ0n) is 9.29. The number of aryl methyl sites for hydroxylation is 1. The molecule has 0 N–H and O–H groups in total. The second-order valence-electron chi connectivity index (χ2n) is 4.69. The number of hydrogen-bond donors (Lipinski definition) is 0. The van der Waals surface area contributed by atoms with Gasteiger partial charge >= 0.3 is 0 Å². The van der Waals surface area contributed by atoms with Crippen LogP contribution >= 0.6 is 0 Å². The van der Waals surface area contributed by atoms with Crippen LogP contribution in [-0.2, 0) is 0 Å². The lowest BCUT2D eigenvalue weighted by atomic mass is 10.0. The van der Waals surface area contributed by atoms with Gasteiger partial charge in [-0.2, -0.15) is 0 Å². The third kappa shape index (κ3) is 1.57. The lowest BCUT2D eigenvalue weighted by Crippen LogP contribution is -2.45. The Kier molecular flexibility index (Phi) is 1.95. The van der Waals surface area contributed by atoms with Crippen molar-refractivity contribution in [1.29, 1.82) is 0 Å². The molecule has 2 rings (SSSR count). The van der Waals surface area contributed by atoms with Crippen molar-refractivity contribution in [2.45, 2.75) is 26.4 Å². The Labute approximate surface area is 85.5 Å². The van der Waals surface area contributed by atoms with Crippen molar-refractivity contribution in [1.82, 2.24) is 0 Å². The number of fused-ring (bicyclic) bond motifs is 1. The van der Waals surface area contributed by atoms with Crippen LogP contribution in [0.2, 0.25) is 0 Å². The van der Waals surface area contributed by atoms with Crippen LogP contribution in [0.4, 0.5) is 5.69 Å². The van der Waals surface area contributed by atoms with Crippen LogP contribution in [0.1, 0.15) is 19.4 Å². The maximum Gasteiger partial charge on any atom is 0.143 e. The molecule has 0 bridgehead atoms. The highest BCUT2D eigenvalue weighted by Gasteiger charge is 2.29. The molecule has 2 nitrogen and oxygen atoms in total. The van der Waals surface area contributed by atoms with Crippen molar-refractivity contribution in [2.75, 3.05) is 18.5 Å². The van der Waals surface area contributed by atoms with E-state index in [1.807, 2.05) is 0 Å². The fraction of sp³-hybridized carbons (Fsp3) is 0.500. The lowest BCUT2D eigenvalue weighted by Gasteiger charge is -2.39. The number of rotatable bonds is 0. The first kappa shape index (κ1) is 9.38. The average Bonchev–Trinajstić information content (AvgIpc) is 2.05. The normalized spacial score (nSPS) is 18.7. The summed E-state index contributed by atoms with van der Waals surface area (Å²) in [4.78, 5) is 2.26. The molecule has 0 unspecified atom stereocenters. The second kappa shape index (κ2) is 2.91. The standard InChI is InChI=1S/C12H17NO/c1-9-5-6-11-10(7-9)13(4)8-12(2,3)14-11/h5-7H,8H2,1-4H3. The Morgan fingerprint density at radius 1 is 1.36 bits per heavy atom. The van der Waals surface area contributed by atoms with Crippen molar-refractivity contribution in [3.8, 4) is 5.75 Å². The van der Waals surface area contributed by atoms with E-state index in [4.69, 9.17) is 4.74 Å². The molecule has 1 aliphatic heterocycles. The van der Waals surface area contributed by atoms with Gasteiger partial charge in [-0.15, -0.1) is 0 Å². The average molecular weight is 191 g/mol. The number of benzene rings is 1. The van der Waals surface area contributed by atoms with E-state index >= 15 is 0 Å². The van der Waals surface area contributed by atoms with Gasteiger partial charge in [-0.1, -0.05) is 6.07 Å². The van der Waals surface area contributed by atoms with E-state index in [0.29, 0.717) is 0 Å². The van der Waals surface area contributed by atoms with E-state index in [1.165, 1.54) is 11.3 Å². The first-order valence-electron chi connectivity index (χ1n) is 4.99. The Balaban J connectivity index is 2.45. The molecular formula is C12H17NO. The minimum absolute atomic E-state index is 0.0863. The van der Waals surface area contributed by atoms with Gasteiger partial charge in [0.2, 0.25) is 0 Å². The first-order valence-corrected chi connectivity index (χ1v) is 4.99. The van der Waals surface area contributed by atoms with Gasteiger partial charge < -0.3 is 9.64 Å². The van der Waals surface area contributed by atoms with Gasteiger partial charge in [-0.3, -0.25) is 0 Å². The summed E-state index contributed by atoms with van der Waals surface area (Å²) in [6.07, 6.45) is 0. The highest BCUT2D eigenvalue weighted by Crippen LogP contribution is 2.36. The molecule has 76 valence electrons. The van der Waals surface area contributed by atoms with E-state index in [2.05, 4.69) is 50.9 Å². The summed E-state index contributed by atoms with van der Waals surface area (Å²) in [5, 5.41) is 0. The van der Waals surface area contributed by atoms with Gasteiger partial charge in [-0.05, 0) is 38.5 Å². The Hall–Kier alpha value is -1.18. The Morgan fingerprint density at radius 3 is 2.79 bits per heavy atom. The molecule has 0 aliphatic carbocycles. The third-order valence-corrected chi connectivity index (χ3v) is 2.53. The summed E-state index contributed by atoms with van der Waals surface area (Å²) in [7, 11) is 2.11. The number of ether oxygens (including phenoxy) is 1. The lowest BCUT2D eigenvalue weighted by molar-refractivity contribution is 0.107. The van der Waals surface area contributed by atoms with E-state index in [0.717, 1.165) is 12.3 Å². The summed E-state index contributed by atoms with van der Waals surface area (Å²) >= 11 is 0. The largest absolute Gasteiger partial charge is 0.484 e. The molecule has 0 aromatic heterocycles. The second-order valence-corrected chi connectivity index (χ2v) is 4.69. The zero-order valence-corrected chi connectivity index (χ0v) is 9.29. The summed E-state index contributed by atoms with van der Waals surface area (Å²) < 4.78 is 5.90. The molecule has 0 amide bonds. The van der Waals surface area contributed by atoms with Crippen LogP contribution in [0.3, 0.4) is 0 Å². The predicted octanol–water partition coefficient (Wildman–Crippen LogP) is 2.60. The zero-order chi connectivity index (χ0) is 10.3. The number of nitrogens with zero attached hydrogens (tertiary/aromatic N) is 1. The summed E-state index contributed by atoms with van der Waals surface area (Å²) in [6, 6.07) is 6.32. The van der Waals surface area contributed by atoms with Crippen molar-refractivity contribution in [3.63, 3.8) is 0 Å². The summed E-state index contributed by atoms with van der Waals surface area (Å²) in [5.41, 5.74) is 2.39. The van der Waals surface area contributed by atoms with Gasteiger partial charge in [0.1, 0.15) is 11.4 Å². The van der Waals surface area contributed by atoms with Gasteiger partial charge in [0.25, 0.3) is 0 Å². The minimum Gasteiger partial charge on any atom is -0.484 e. The van der Waals surface area contributed by atoms with Crippen LogP contribution in [0.25, 0.3) is 0 Å². The highest BCUT2D eigenvalue weighted by atomic mass is 16.5. The van der Waals surface area contributed by atoms with Crippen molar-refractivity contribution < 1.29 is 4.74 Å². The molecule has 1 aromatic rings. The van der Waals surface area contributed by atoms with Crippen molar-refractivity contribution in [2.24, 2.45) is 0 Å². The maximum absolute atomic E-state index is 5.90. The van der Waals surface area contributed by atoms with Gasteiger partial charge in [0, 0.05) is 7.05 Å². The van der Waals surface area contributed by atoms with Gasteiger partial charge in [0.05, 0.1) is 12.2 Å². The van der Waals surface area contributed by atoms with Crippen LogP contribution in [-0.4, -0.2) is 19.2 Å². The topological polar surface area (TPSA) is 12.5 Å². The van der Waals surface area contributed by atoms with E-state index < -0.39 is 0 Å². The maximum atomic E-state index is 5.90. The van der Waals surface area contributed by atoms with Gasteiger partial charge in [0.15, 0.2) is 0 Å². The fourth-order valence-electron chi connectivity index (χ4n) is 2.00. The molecule has 2 heteroatoms. The highest BCUT2D eigenvalue weighted by molar-refractivity contribution is 5.61. The number of likely N-dealkylation sites (N-methyl/N-ethyl adjacent to an activating group) is 1. The molecule has 0 spiro atoms. The van der Waals surface area contributed by atoms with Crippen molar-refractivity contribution >= 4 is 5.69 Å². The van der Waals surface area contributed by atoms with Crippen LogP contribution in [0, 0.1) is 6.92 Å². The van der Waals surface area contributed by atoms with Gasteiger partial charge in [-0.25, -0.2) is 0 Å². The molecule has 1 heterocycles. The molecule has 0 atom stereocenters. The number of hydrogen-bond acceptors (Lipinski definition) is 2. The molecule has 0 fully saturated rings. The molecule has 0 radical (unpaired) electrons. The predicted molar refractivity (Wildman–Crippen MR) is 59.2 cm³/mol. The molecule has 0 saturated carbocycles. The quantitative estimate of drug-likeness (QED) is 0.625. The Bertz CT molecular complexity index is 357. The molecule has 1 aromatic carbocycles. The van der Waals surface area contributed by atoms with E-state index in [-0.39, 0.29) is 5.60 Å². The fourth-order valence-corrected chi connectivity index (χ4v) is 2.00. The summed E-state index contributed by atoms with van der Waals surface area (Å²) in [5.74, 6) is 0.995. The minimum atomic E-state index is -0.0863. The molecule has 14 heavy (non-hydrogen) atoms. The molecular weight excluding hydrogens is 174 g/mol. The Morgan fingerprint density at radius 2 is 2.07 bits per heavy atom.